The number of aryl methyl sites for hydroxylation is 1. The van der Waals surface area contributed by atoms with Crippen LogP contribution in [0.25, 0.3) is 0 Å². The van der Waals surface area contributed by atoms with Gasteiger partial charge in [0.2, 0.25) is 0 Å². The van der Waals surface area contributed by atoms with E-state index in [1.54, 1.807) is 13.1 Å². The summed E-state index contributed by atoms with van der Waals surface area (Å²) in [5, 5.41) is 6.53. The van der Waals surface area contributed by atoms with Crippen LogP contribution in [0.2, 0.25) is 0 Å². The van der Waals surface area contributed by atoms with Crippen molar-refractivity contribution in [2.75, 3.05) is 21.1 Å². The summed E-state index contributed by atoms with van der Waals surface area (Å²) in [6, 6.07) is 7.28. The highest BCUT2D eigenvalue weighted by Gasteiger charge is 2.06. The van der Waals surface area contributed by atoms with E-state index in [0.717, 1.165) is 11.5 Å². The number of halogens is 1. The summed E-state index contributed by atoms with van der Waals surface area (Å²) in [5.41, 5.74) is 2.91. The topological polar surface area (TPSA) is 44.6 Å². The summed E-state index contributed by atoms with van der Waals surface area (Å²) in [4.78, 5) is 6.17. The minimum atomic E-state index is -0.168. The maximum absolute atomic E-state index is 13.8. The molecule has 0 aliphatic carbocycles. The van der Waals surface area contributed by atoms with E-state index >= 15 is 0 Å². The molecule has 0 saturated heterocycles. The molecule has 0 radical (unpaired) electrons. The molecule has 0 saturated carbocycles. The van der Waals surface area contributed by atoms with E-state index in [2.05, 4.69) is 27.9 Å². The van der Waals surface area contributed by atoms with Crippen molar-refractivity contribution in [2.45, 2.75) is 19.6 Å². The van der Waals surface area contributed by atoms with Crippen molar-refractivity contribution in [3.8, 4) is 0 Å². The highest BCUT2D eigenvalue weighted by Crippen LogP contribution is 2.12. The average molecular weight is 331 g/mol. The van der Waals surface area contributed by atoms with Gasteiger partial charge in [-0.05, 0) is 43.4 Å². The third-order valence-electron chi connectivity index (χ3n) is 3.63. The number of aromatic nitrogens is 1. The van der Waals surface area contributed by atoms with Gasteiger partial charge in [-0.3, -0.25) is 4.99 Å². The Kier molecular flexibility index (Phi) is 6.37. The molecule has 0 aliphatic rings. The van der Waals surface area contributed by atoms with Crippen LogP contribution in [0, 0.1) is 5.82 Å². The second kappa shape index (κ2) is 8.49. The molecule has 1 aromatic heterocycles. The second-order valence-electron chi connectivity index (χ2n) is 6.13. The fourth-order valence-corrected chi connectivity index (χ4v) is 2.46. The zero-order chi connectivity index (χ0) is 17.5. The first-order chi connectivity index (χ1) is 11.5. The number of hydrogen-bond acceptors (Lipinski definition) is 2. The first-order valence-corrected chi connectivity index (χ1v) is 7.95. The van der Waals surface area contributed by atoms with Crippen molar-refractivity contribution in [1.82, 2.24) is 20.1 Å². The van der Waals surface area contributed by atoms with Crippen LogP contribution in [0.3, 0.4) is 0 Å². The van der Waals surface area contributed by atoms with Crippen LogP contribution in [0.5, 0.6) is 0 Å². The van der Waals surface area contributed by atoms with Crippen molar-refractivity contribution in [3.63, 3.8) is 0 Å². The molecule has 5 nitrogen and oxygen atoms in total. The van der Waals surface area contributed by atoms with Gasteiger partial charge in [-0.1, -0.05) is 6.07 Å². The lowest BCUT2D eigenvalue weighted by Gasteiger charge is -2.14. The van der Waals surface area contributed by atoms with Crippen LogP contribution in [-0.2, 0) is 26.7 Å². The number of nitrogens with one attached hydrogen (secondary N) is 2. The lowest BCUT2D eigenvalue weighted by Crippen LogP contribution is -2.36. The molecule has 0 aliphatic heterocycles. The first kappa shape index (κ1) is 18.0. The quantitative estimate of drug-likeness (QED) is 0.629. The van der Waals surface area contributed by atoms with E-state index in [4.69, 9.17) is 0 Å². The van der Waals surface area contributed by atoms with Gasteiger partial charge in [0.15, 0.2) is 5.96 Å². The van der Waals surface area contributed by atoms with Gasteiger partial charge in [0.25, 0.3) is 0 Å². The highest BCUT2D eigenvalue weighted by molar-refractivity contribution is 5.79. The largest absolute Gasteiger partial charge is 0.357 e. The second-order valence-corrected chi connectivity index (χ2v) is 6.13. The normalized spacial score (nSPS) is 11.8. The molecule has 0 unspecified atom stereocenters. The van der Waals surface area contributed by atoms with E-state index in [1.165, 1.54) is 11.6 Å². The zero-order valence-electron chi connectivity index (χ0n) is 14.8. The van der Waals surface area contributed by atoms with Gasteiger partial charge < -0.3 is 20.1 Å². The minimum absolute atomic E-state index is 0.168. The smallest absolute Gasteiger partial charge is 0.191 e. The Morgan fingerprint density at radius 2 is 1.88 bits per heavy atom. The van der Waals surface area contributed by atoms with E-state index in [0.29, 0.717) is 25.2 Å². The standard InChI is InChI=1S/C18H26FN5/c1-20-18(22-11-15-7-8-24(4)12-15)21-10-14-5-6-17(19)16(9-14)13-23(2)3/h5-9,12H,10-11,13H2,1-4H3,(H2,20,21,22). The van der Waals surface area contributed by atoms with Crippen LogP contribution < -0.4 is 10.6 Å². The minimum Gasteiger partial charge on any atom is -0.357 e. The molecule has 0 spiro atoms. The van der Waals surface area contributed by atoms with Crippen molar-refractivity contribution in [3.05, 3.63) is 59.2 Å². The molecule has 1 aromatic carbocycles. The van der Waals surface area contributed by atoms with Gasteiger partial charge in [-0.15, -0.1) is 0 Å². The van der Waals surface area contributed by atoms with E-state index in [-0.39, 0.29) is 5.82 Å². The van der Waals surface area contributed by atoms with Gasteiger partial charge in [0, 0.05) is 51.7 Å². The van der Waals surface area contributed by atoms with Gasteiger partial charge in [-0.2, -0.15) is 0 Å². The molecule has 1 heterocycles. The number of benzene rings is 1. The fourth-order valence-electron chi connectivity index (χ4n) is 2.46. The Hall–Kier alpha value is -2.34. The van der Waals surface area contributed by atoms with Gasteiger partial charge >= 0.3 is 0 Å². The summed E-state index contributed by atoms with van der Waals surface area (Å²) >= 11 is 0. The van der Waals surface area contributed by atoms with E-state index in [1.807, 2.05) is 42.9 Å². The molecule has 24 heavy (non-hydrogen) atoms. The Labute approximate surface area is 143 Å². The molecule has 0 atom stereocenters. The summed E-state index contributed by atoms with van der Waals surface area (Å²) in [6.45, 7) is 1.88. The van der Waals surface area contributed by atoms with Crippen molar-refractivity contribution >= 4 is 5.96 Å². The molecule has 2 N–H and O–H groups in total. The molecule has 2 aromatic rings. The molecular weight excluding hydrogens is 305 g/mol. The molecule has 0 fully saturated rings. The number of nitrogens with zero attached hydrogens (tertiary/aromatic N) is 3. The summed E-state index contributed by atoms with van der Waals surface area (Å²) < 4.78 is 15.8. The SMILES string of the molecule is CN=C(NCc1ccc(F)c(CN(C)C)c1)NCc1ccn(C)c1. The van der Waals surface area contributed by atoms with Crippen molar-refractivity contribution in [1.29, 1.82) is 0 Å². The molecule has 2 rings (SSSR count). The number of rotatable bonds is 6. The number of hydrogen-bond donors (Lipinski definition) is 2. The van der Waals surface area contributed by atoms with E-state index < -0.39 is 0 Å². The average Bonchev–Trinajstić information content (AvgIpc) is 2.95. The van der Waals surface area contributed by atoms with Crippen molar-refractivity contribution in [2.24, 2.45) is 12.0 Å². The highest BCUT2D eigenvalue weighted by atomic mass is 19.1. The molecular formula is C18H26FN5. The molecule has 6 heteroatoms. The molecule has 0 amide bonds. The maximum atomic E-state index is 13.8. The van der Waals surface area contributed by atoms with Crippen LogP contribution in [0.4, 0.5) is 4.39 Å². The van der Waals surface area contributed by atoms with Crippen LogP contribution in [-0.4, -0.2) is 36.6 Å². The lowest BCUT2D eigenvalue weighted by molar-refractivity contribution is 0.392. The third-order valence-corrected chi connectivity index (χ3v) is 3.63. The van der Waals surface area contributed by atoms with Crippen LogP contribution in [0.1, 0.15) is 16.7 Å². The maximum Gasteiger partial charge on any atom is 0.191 e. The Balaban J connectivity index is 1.90. The molecule has 0 bridgehead atoms. The van der Waals surface area contributed by atoms with Crippen LogP contribution >= 0.6 is 0 Å². The fraction of sp³-hybridized carbons (Fsp3) is 0.389. The van der Waals surface area contributed by atoms with Gasteiger partial charge in [-0.25, -0.2) is 4.39 Å². The first-order valence-electron chi connectivity index (χ1n) is 7.95. The summed E-state index contributed by atoms with van der Waals surface area (Å²) in [5.74, 6) is 0.552. The van der Waals surface area contributed by atoms with Gasteiger partial charge in [0.05, 0.1) is 0 Å². The van der Waals surface area contributed by atoms with Crippen molar-refractivity contribution < 1.29 is 4.39 Å². The van der Waals surface area contributed by atoms with Gasteiger partial charge in [0.1, 0.15) is 5.82 Å². The third kappa shape index (κ3) is 5.38. The summed E-state index contributed by atoms with van der Waals surface area (Å²) in [7, 11) is 7.60. The number of guanidine groups is 1. The Bertz CT molecular complexity index is 690. The van der Waals surface area contributed by atoms with E-state index in [9.17, 15) is 4.39 Å². The summed E-state index contributed by atoms with van der Waals surface area (Å²) in [6.07, 6.45) is 4.08. The van der Waals surface area contributed by atoms with Crippen LogP contribution in [0.15, 0.2) is 41.7 Å². The zero-order valence-corrected chi connectivity index (χ0v) is 14.8. The monoisotopic (exact) mass is 331 g/mol. The predicted molar refractivity (Wildman–Crippen MR) is 96.2 cm³/mol. The lowest BCUT2D eigenvalue weighted by atomic mass is 10.1. The Morgan fingerprint density at radius 1 is 1.17 bits per heavy atom. The number of aliphatic imine (C=N–C) groups is 1. The molecule has 130 valence electrons. The predicted octanol–water partition coefficient (Wildman–Crippen LogP) is 2.09. The Morgan fingerprint density at radius 3 is 2.46 bits per heavy atom.